The summed E-state index contributed by atoms with van der Waals surface area (Å²) in [6.45, 7) is 3.96. The van der Waals surface area contributed by atoms with Crippen LogP contribution in [-0.2, 0) is 4.79 Å². The molecule has 0 atom stereocenters. The van der Waals surface area contributed by atoms with Crippen molar-refractivity contribution in [3.05, 3.63) is 0 Å². The number of carbonyl (C=O) groups excluding carboxylic acids is 1. The van der Waals surface area contributed by atoms with E-state index in [2.05, 4.69) is 17.6 Å². The maximum atomic E-state index is 11.6. The van der Waals surface area contributed by atoms with Gasteiger partial charge in [0.1, 0.15) is 0 Å². The van der Waals surface area contributed by atoms with Crippen LogP contribution >= 0.6 is 0 Å². The zero-order chi connectivity index (χ0) is 11.6. The molecular weight excluding hydrogens is 200 g/mol. The molecule has 0 bridgehead atoms. The Hall–Kier alpha value is -0.570. The third kappa shape index (κ3) is 6.11. The van der Waals surface area contributed by atoms with Gasteiger partial charge in [-0.3, -0.25) is 4.79 Å². The van der Waals surface area contributed by atoms with E-state index >= 15 is 0 Å². The van der Waals surface area contributed by atoms with Crippen molar-refractivity contribution in [3.8, 4) is 0 Å². The summed E-state index contributed by atoms with van der Waals surface area (Å²) in [5.74, 6) is 0.218. The van der Waals surface area contributed by atoms with E-state index in [0.717, 1.165) is 19.5 Å². The topological polar surface area (TPSA) is 41.1 Å². The van der Waals surface area contributed by atoms with Gasteiger partial charge in [0.2, 0.25) is 5.91 Å². The van der Waals surface area contributed by atoms with Crippen molar-refractivity contribution in [1.82, 2.24) is 10.6 Å². The molecule has 0 aromatic rings. The van der Waals surface area contributed by atoms with Gasteiger partial charge in [-0.25, -0.2) is 0 Å². The zero-order valence-electron chi connectivity index (χ0n) is 10.6. The number of hydrogen-bond donors (Lipinski definition) is 2. The first-order chi connectivity index (χ1) is 7.83. The molecule has 0 heterocycles. The molecule has 2 N–H and O–H groups in total. The lowest BCUT2D eigenvalue weighted by molar-refractivity contribution is -0.121. The van der Waals surface area contributed by atoms with E-state index in [9.17, 15) is 4.79 Å². The Morgan fingerprint density at radius 3 is 2.44 bits per heavy atom. The molecule has 94 valence electrons. The molecule has 1 rings (SSSR count). The molecular formula is C13H26N2O. The molecule has 1 aliphatic rings. The number of carbonyl (C=O) groups is 1. The summed E-state index contributed by atoms with van der Waals surface area (Å²) in [7, 11) is 0. The van der Waals surface area contributed by atoms with Crippen LogP contribution in [0.15, 0.2) is 0 Å². The Morgan fingerprint density at radius 2 is 1.81 bits per heavy atom. The predicted molar refractivity (Wildman–Crippen MR) is 67.4 cm³/mol. The third-order valence-corrected chi connectivity index (χ3v) is 3.18. The quantitative estimate of drug-likeness (QED) is 0.538. The molecule has 3 nitrogen and oxygen atoms in total. The maximum absolute atomic E-state index is 11.6. The van der Waals surface area contributed by atoms with Gasteiger partial charge >= 0.3 is 0 Å². The molecule has 0 aromatic carbocycles. The fraction of sp³-hybridized carbons (Fsp3) is 0.923. The van der Waals surface area contributed by atoms with Crippen LogP contribution in [0.2, 0.25) is 0 Å². The Labute approximate surface area is 99.4 Å². The molecule has 16 heavy (non-hydrogen) atoms. The summed E-state index contributed by atoms with van der Waals surface area (Å²) in [6.07, 6.45) is 9.33. The Morgan fingerprint density at radius 1 is 1.12 bits per heavy atom. The second-order valence-corrected chi connectivity index (χ2v) is 4.76. The van der Waals surface area contributed by atoms with E-state index in [-0.39, 0.29) is 5.91 Å². The fourth-order valence-corrected chi connectivity index (χ4v) is 2.23. The lowest BCUT2D eigenvalue weighted by Crippen LogP contribution is -2.36. The minimum absolute atomic E-state index is 0.218. The van der Waals surface area contributed by atoms with Gasteiger partial charge in [-0.2, -0.15) is 0 Å². The van der Waals surface area contributed by atoms with Crippen molar-refractivity contribution in [3.63, 3.8) is 0 Å². The van der Waals surface area contributed by atoms with Crippen LogP contribution in [0.25, 0.3) is 0 Å². The lowest BCUT2D eigenvalue weighted by Gasteiger charge is -2.16. The molecule has 0 aliphatic heterocycles. The molecule has 1 fully saturated rings. The van der Waals surface area contributed by atoms with Crippen molar-refractivity contribution in [1.29, 1.82) is 0 Å². The molecule has 0 aromatic heterocycles. The monoisotopic (exact) mass is 226 g/mol. The van der Waals surface area contributed by atoms with Crippen LogP contribution in [0.5, 0.6) is 0 Å². The first-order valence-electron chi connectivity index (χ1n) is 6.83. The van der Waals surface area contributed by atoms with Gasteiger partial charge in [0.05, 0.1) is 0 Å². The number of amides is 1. The van der Waals surface area contributed by atoms with Gasteiger partial charge in [0, 0.05) is 19.0 Å². The van der Waals surface area contributed by atoms with Gasteiger partial charge in [0.25, 0.3) is 0 Å². The highest BCUT2D eigenvalue weighted by Crippen LogP contribution is 2.17. The van der Waals surface area contributed by atoms with Crippen LogP contribution < -0.4 is 10.6 Å². The first-order valence-corrected chi connectivity index (χ1v) is 6.83. The third-order valence-electron chi connectivity index (χ3n) is 3.18. The van der Waals surface area contributed by atoms with E-state index in [1.165, 1.54) is 38.5 Å². The second-order valence-electron chi connectivity index (χ2n) is 4.76. The number of nitrogens with one attached hydrogen (secondary N) is 2. The van der Waals surface area contributed by atoms with E-state index in [1.54, 1.807) is 0 Å². The zero-order valence-corrected chi connectivity index (χ0v) is 10.6. The van der Waals surface area contributed by atoms with E-state index in [1.807, 2.05) is 0 Å². The summed E-state index contributed by atoms with van der Waals surface area (Å²) in [4.78, 5) is 11.6. The average Bonchev–Trinajstić information content (AvgIpc) is 2.53. The van der Waals surface area contributed by atoms with Gasteiger partial charge < -0.3 is 10.6 Å². The largest absolute Gasteiger partial charge is 0.353 e. The fourth-order valence-electron chi connectivity index (χ4n) is 2.23. The van der Waals surface area contributed by atoms with Crippen molar-refractivity contribution in [2.75, 3.05) is 13.1 Å². The van der Waals surface area contributed by atoms with Crippen LogP contribution in [0.3, 0.4) is 0 Å². The van der Waals surface area contributed by atoms with Crippen LogP contribution in [0, 0.1) is 0 Å². The molecule has 1 saturated carbocycles. The molecule has 3 heteroatoms. The normalized spacial score (nSPS) is 18.1. The summed E-state index contributed by atoms with van der Waals surface area (Å²) in [6, 6.07) is 0.446. The smallest absolute Gasteiger partial charge is 0.221 e. The second kappa shape index (κ2) is 8.57. The summed E-state index contributed by atoms with van der Waals surface area (Å²) in [5, 5.41) is 6.41. The highest BCUT2D eigenvalue weighted by Gasteiger charge is 2.13. The Bertz CT molecular complexity index is 186. The van der Waals surface area contributed by atoms with Gasteiger partial charge in [-0.1, -0.05) is 32.6 Å². The van der Waals surface area contributed by atoms with Crippen LogP contribution in [0.1, 0.15) is 58.3 Å². The first kappa shape index (κ1) is 13.5. The Balaban J connectivity index is 2.07. The van der Waals surface area contributed by atoms with E-state index in [0.29, 0.717) is 12.5 Å². The summed E-state index contributed by atoms with van der Waals surface area (Å²) < 4.78 is 0. The molecule has 0 saturated heterocycles. The molecule has 0 radical (unpaired) electrons. The molecule has 1 aliphatic carbocycles. The Kier molecular flexibility index (Phi) is 7.23. The van der Waals surface area contributed by atoms with Crippen molar-refractivity contribution in [2.45, 2.75) is 64.3 Å². The maximum Gasteiger partial charge on any atom is 0.221 e. The van der Waals surface area contributed by atoms with E-state index in [4.69, 9.17) is 0 Å². The highest BCUT2D eigenvalue weighted by molar-refractivity contribution is 5.76. The summed E-state index contributed by atoms with van der Waals surface area (Å²) >= 11 is 0. The van der Waals surface area contributed by atoms with Crippen molar-refractivity contribution >= 4 is 5.91 Å². The minimum Gasteiger partial charge on any atom is -0.353 e. The average molecular weight is 226 g/mol. The molecule has 0 unspecified atom stereocenters. The SMILES string of the molecule is CCCNCCC(=O)NC1CCCCCC1. The minimum atomic E-state index is 0.218. The molecule has 1 amide bonds. The van der Waals surface area contributed by atoms with Gasteiger partial charge in [0.15, 0.2) is 0 Å². The predicted octanol–water partition coefficient (Wildman–Crippen LogP) is 2.22. The van der Waals surface area contributed by atoms with Crippen LogP contribution in [0.4, 0.5) is 0 Å². The van der Waals surface area contributed by atoms with Gasteiger partial charge in [-0.15, -0.1) is 0 Å². The van der Waals surface area contributed by atoms with E-state index < -0.39 is 0 Å². The standard InChI is InChI=1S/C13H26N2O/c1-2-10-14-11-9-13(16)15-12-7-5-3-4-6-8-12/h12,14H,2-11H2,1H3,(H,15,16). The number of hydrogen-bond acceptors (Lipinski definition) is 2. The lowest BCUT2D eigenvalue weighted by atomic mass is 10.1. The number of rotatable bonds is 6. The van der Waals surface area contributed by atoms with Gasteiger partial charge in [-0.05, 0) is 25.8 Å². The van der Waals surface area contributed by atoms with Crippen molar-refractivity contribution < 1.29 is 4.79 Å². The van der Waals surface area contributed by atoms with Crippen LogP contribution in [-0.4, -0.2) is 25.0 Å². The van der Waals surface area contributed by atoms with Crippen molar-refractivity contribution in [2.24, 2.45) is 0 Å². The molecule has 0 spiro atoms. The highest BCUT2D eigenvalue weighted by atomic mass is 16.1. The summed E-state index contributed by atoms with van der Waals surface area (Å²) in [5.41, 5.74) is 0.